The average Bonchev–Trinajstić information content (AvgIpc) is 3.28. The SMILES string of the molecule is COC1(OC)C=CC(C(c2ccccc2)(c2ccccc2)C(O)[C@H]2O[C@@H](n3ccc(=O)[nH]c3=O)[C@H](F)[C@@H]2O)=CC1. The van der Waals surface area contributed by atoms with Crippen LogP contribution in [0.5, 0.6) is 0 Å². The summed E-state index contributed by atoms with van der Waals surface area (Å²) in [4.78, 5) is 26.1. The summed E-state index contributed by atoms with van der Waals surface area (Å²) < 4.78 is 33.6. The molecule has 2 aromatic carbocycles. The van der Waals surface area contributed by atoms with Crippen molar-refractivity contribution in [3.63, 3.8) is 0 Å². The summed E-state index contributed by atoms with van der Waals surface area (Å²) in [6, 6.07) is 19.4. The van der Waals surface area contributed by atoms with Crippen molar-refractivity contribution in [3.05, 3.63) is 129 Å². The summed E-state index contributed by atoms with van der Waals surface area (Å²) in [5, 5.41) is 23.4. The highest BCUT2D eigenvalue weighted by atomic mass is 19.1. The predicted molar refractivity (Wildman–Crippen MR) is 144 cm³/mol. The van der Waals surface area contributed by atoms with Gasteiger partial charge in [-0.1, -0.05) is 72.8 Å². The normalized spacial score (nSPS) is 25.0. The Morgan fingerprint density at radius 2 is 1.65 bits per heavy atom. The molecule has 0 saturated carbocycles. The van der Waals surface area contributed by atoms with Crippen molar-refractivity contribution in [2.24, 2.45) is 0 Å². The van der Waals surface area contributed by atoms with Crippen LogP contribution in [0, 0.1) is 0 Å². The maximum Gasteiger partial charge on any atom is 0.330 e. The molecule has 40 heavy (non-hydrogen) atoms. The molecule has 9 nitrogen and oxygen atoms in total. The van der Waals surface area contributed by atoms with E-state index in [1.807, 2.05) is 66.7 Å². The molecule has 5 rings (SSSR count). The van der Waals surface area contributed by atoms with E-state index in [-0.39, 0.29) is 0 Å². The monoisotopic (exact) mass is 550 g/mol. The van der Waals surface area contributed by atoms with Gasteiger partial charge in [0.25, 0.3) is 5.56 Å². The minimum Gasteiger partial charge on any atom is -0.389 e. The highest BCUT2D eigenvalue weighted by molar-refractivity contribution is 5.55. The fraction of sp³-hybridized carbons (Fsp3) is 0.333. The summed E-state index contributed by atoms with van der Waals surface area (Å²) >= 11 is 0. The van der Waals surface area contributed by atoms with Crippen LogP contribution in [0.25, 0.3) is 0 Å². The number of hydrogen-bond acceptors (Lipinski definition) is 7. The summed E-state index contributed by atoms with van der Waals surface area (Å²) in [5.74, 6) is -1.00. The van der Waals surface area contributed by atoms with Crippen molar-refractivity contribution in [2.45, 2.75) is 48.3 Å². The van der Waals surface area contributed by atoms with E-state index in [9.17, 15) is 19.8 Å². The van der Waals surface area contributed by atoms with E-state index in [0.717, 1.165) is 16.8 Å². The van der Waals surface area contributed by atoms with Gasteiger partial charge in [0.2, 0.25) is 0 Å². The van der Waals surface area contributed by atoms with E-state index in [2.05, 4.69) is 4.98 Å². The van der Waals surface area contributed by atoms with Crippen LogP contribution < -0.4 is 11.2 Å². The number of alkyl halides is 1. The number of methoxy groups -OCH3 is 2. The van der Waals surface area contributed by atoms with Crippen molar-refractivity contribution in [1.29, 1.82) is 0 Å². The number of H-pyrrole nitrogens is 1. The molecule has 0 radical (unpaired) electrons. The number of ether oxygens (including phenoxy) is 3. The van der Waals surface area contributed by atoms with Crippen LogP contribution in [-0.4, -0.2) is 64.3 Å². The lowest BCUT2D eigenvalue weighted by atomic mass is 9.62. The maximum atomic E-state index is 15.6. The molecule has 2 heterocycles. The predicted octanol–water partition coefficient (Wildman–Crippen LogP) is 2.36. The zero-order valence-electron chi connectivity index (χ0n) is 22.0. The van der Waals surface area contributed by atoms with Gasteiger partial charge >= 0.3 is 5.69 Å². The lowest BCUT2D eigenvalue weighted by Crippen LogP contribution is -2.53. The molecule has 1 aliphatic heterocycles. The third-order valence-corrected chi connectivity index (χ3v) is 7.84. The molecular formula is C30H31FN2O7. The van der Waals surface area contributed by atoms with Crippen LogP contribution in [0.2, 0.25) is 0 Å². The van der Waals surface area contributed by atoms with E-state index in [1.54, 1.807) is 12.2 Å². The first-order chi connectivity index (χ1) is 19.3. The molecule has 0 amide bonds. The Kier molecular flexibility index (Phi) is 7.72. The highest BCUT2D eigenvalue weighted by Crippen LogP contribution is 2.49. The molecule has 210 valence electrons. The molecule has 5 atom stereocenters. The van der Waals surface area contributed by atoms with E-state index in [1.165, 1.54) is 14.2 Å². The number of aromatic amines is 1. The van der Waals surface area contributed by atoms with Crippen molar-refractivity contribution >= 4 is 0 Å². The molecular weight excluding hydrogens is 519 g/mol. The van der Waals surface area contributed by atoms with Gasteiger partial charge in [-0.3, -0.25) is 14.3 Å². The Morgan fingerprint density at radius 1 is 1.05 bits per heavy atom. The number of aromatic nitrogens is 2. The lowest BCUT2D eigenvalue weighted by molar-refractivity contribution is -0.168. The van der Waals surface area contributed by atoms with Gasteiger partial charge in [-0.15, -0.1) is 0 Å². The second kappa shape index (κ2) is 11.1. The van der Waals surface area contributed by atoms with Crippen LogP contribution in [0.15, 0.2) is 106 Å². The first kappa shape index (κ1) is 27.9. The highest BCUT2D eigenvalue weighted by Gasteiger charge is 2.56. The number of aliphatic hydroxyl groups is 2. The zero-order valence-corrected chi connectivity index (χ0v) is 22.0. The number of nitrogens with zero attached hydrogens (tertiary/aromatic N) is 1. The number of aliphatic hydroxyl groups excluding tert-OH is 2. The van der Waals surface area contributed by atoms with Gasteiger partial charge in [-0.05, 0) is 22.8 Å². The molecule has 0 bridgehead atoms. The fourth-order valence-corrected chi connectivity index (χ4v) is 5.72. The number of hydrogen-bond donors (Lipinski definition) is 3. The largest absolute Gasteiger partial charge is 0.389 e. The Hall–Kier alpha value is -3.67. The molecule has 10 heteroatoms. The molecule has 1 aromatic heterocycles. The lowest BCUT2D eigenvalue weighted by Gasteiger charge is -2.44. The van der Waals surface area contributed by atoms with Gasteiger partial charge in [0.05, 0.1) is 5.41 Å². The maximum absolute atomic E-state index is 15.6. The Labute approximate surface area is 229 Å². The quantitative estimate of drug-likeness (QED) is 0.368. The molecule has 1 aliphatic carbocycles. The molecule has 1 fully saturated rings. The molecule has 0 spiro atoms. The van der Waals surface area contributed by atoms with Crippen LogP contribution in [0.1, 0.15) is 23.8 Å². The van der Waals surface area contributed by atoms with E-state index in [0.29, 0.717) is 23.1 Å². The standard InChI is InChI=1S/C30H31FN2O7/c1-38-29(39-2)16-13-21(14-17-29)30(19-9-5-3-6-10-19,20-11-7-4-8-12-20)26(36)25-24(35)23(31)27(40-25)33-18-15-22(34)32-28(33)37/h3-16,18,23-27,35-36H,17H2,1-2H3,(H,32,34,37)/t23-,24+,25+,26?,27-/m1/s1. The van der Waals surface area contributed by atoms with Gasteiger partial charge in [0.15, 0.2) is 18.2 Å². The van der Waals surface area contributed by atoms with E-state index in [4.69, 9.17) is 14.2 Å². The Morgan fingerprint density at radius 3 is 2.15 bits per heavy atom. The second-order valence-corrected chi connectivity index (χ2v) is 9.85. The minimum absolute atomic E-state index is 0.315. The molecule has 3 aromatic rings. The number of nitrogens with one attached hydrogen (secondary N) is 1. The number of benzene rings is 2. The first-order valence-corrected chi connectivity index (χ1v) is 12.9. The number of rotatable bonds is 8. The van der Waals surface area contributed by atoms with Gasteiger partial charge in [0, 0.05) is 32.9 Å². The zero-order chi connectivity index (χ0) is 28.5. The van der Waals surface area contributed by atoms with Gasteiger partial charge in [0.1, 0.15) is 18.3 Å². The van der Waals surface area contributed by atoms with Gasteiger partial charge in [-0.2, -0.15) is 0 Å². The van der Waals surface area contributed by atoms with E-state index >= 15 is 4.39 Å². The summed E-state index contributed by atoms with van der Waals surface area (Å²) in [5.41, 5.74) is -0.905. The van der Waals surface area contributed by atoms with Crippen molar-refractivity contribution in [3.8, 4) is 0 Å². The van der Waals surface area contributed by atoms with E-state index < -0.39 is 53.2 Å². The Balaban J connectivity index is 1.67. The summed E-state index contributed by atoms with van der Waals surface area (Å²) in [6.45, 7) is 0. The third kappa shape index (κ3) is 4.57. The topological polar surface area (TPSA) is 123 Å². The average molecular weight is 551 g/mol. The second-order valence-electron chi connectivity index (χ2n) is 9.85. The number of halogens is 1. The third-order valence-electron chi connectivity index (χ3n) is 7.84. The number of allylic oxidation sites excluding steroid dienone is 1. The molecule has 1 saturated heterocycles. The summed E-state index contributed by atoms with van der Waals surface area (Å²) in [6.07, 6.45) is -1.61. The van der Waals surface area contributed by atoms with Crippen molar-refractivity contribution < 1.29 is 28.8 Å². The summed E-state index contributed by atoms with van der Waals surface area (Å²) in [7, 11) is 3.07. The van der Waals surface area contributed by atoms with Crippen LogP contribution in [0.3, 0.4) is 0 Å². The minimum atomic E-state index is -2.07. The van der Waals surface area contributed by atoms with Crippen LogP contribution in [0.4, 0.5) is 4.39 Å². The van der Waals surface area contributed by atoms with Gasteiger partial charge < -0.3 is 24.4 Å². The molecule has 1 unspecified atom stereocenters. The van der Waals surface area contributed by atoms with Crippen LogP contribution >= 0.6 is 0 Å². The van der Waals surface area contributed by atoms with Crippen molar-refractivity contribution in [2.75, 3.05) is 14.2 Å². The molecule has 3 N–H and O–H groups in total. The fourth-order valence-electron chi connectivity index (χ4n) is 5.72. The van der Waals surface area contributed by atoms with Crippen LogP contribution in [-0.2, 0) is 19.6 Å². The molecule has 2 aliphatic rings. The first-order valence-electron chi connectivity index (χ1n) is 12.9. The van der Waals surface area contributed by atoms with Crippen molar-refractivity contribution in [1.82, 2.24) is 9.55 Å². The smallest absolute Gasteiger partial charge is 0.330 e. The van der Waals surface area contributed by atoms with Gasteiger partial charge in [-0.25, -0.2) is 9.18 Å². The Bertz CT molecular complexity index is 1460.